The number of benzene rings is 1. The molecule has 0 fully saturated rings. The maximum atomic E-state index is 10.9. The third-order valence-electron chi connectivity index (χ3n) is 3.49. The number of aldehydes is 2. The van der Waals surface area contributed by atoms with Crippen molar-refractivity contribution >= 4 is 18.3 Å². The average Bonchev–Trinajstić information content (AvgIpc) is 2.41. The number of rotatable bonds is 5. The molecule has 3 heteroatoms. The fourth-order valence-corrected chi connectivity index (χ4v) is 2.52. The molecule has 0 saturated heterocycles. The van der Waals surface area contributed by atoms with Crippen molar-refractivity contribution in [1.29, 1.82) is 0 Å². The minimum atomic E-state index is 0.333. The van der Waals surface area contributed by atoms with Crippen LogP contribution >= 0.6 is 0 Å². The van der Waals surface area contributed by atoms with Gasteiger partial charge in [-0.15, -0.1) is 0 Å². The van der Waals surface area contributed by atoms with Gasteiger partial charge >= 0.3 is 0 Å². The van der Waals surface area contributed by atoms with Gasteiger partial charge in [-0.3, -0.25) is 0 Å². The minimum absolute atomic E-state index is 0.333. The van der Waals surface area contributed by atoms with Crippen LogP contribution in [0.3, 0.4) is 0 Å². The van der Waals surface area contributed by atoms with E-state index in [0.717, 1.165) is 46.2 Å². The summed E-state index contributed by atoms with van der Waals surface area (Å²) < 4.78 is 5.76. The van der Waals surface area contributed by atoms with Gasteiger partial charge in [0.05, 0.1) is 6.26 Å². The van der Waals surface area contributed by atoms with Gasteiger partial charge in [-0.25, -0.2) is 0 Å². The second kappa shape index (κ2) is 6.33. The Morgan fingerprint density at radius 3 is 2.35 bits per heavy atom. The fraction of sp³-hybridized carbons (Fsp3) is 0.294. The number of carbonyl (C=O) groups excluding carboxylic acids is 2. The van der Waals surface area contributed by atoms with E-state index in [-0.39, 0.29) is 0 Å². The Balaban J connectivity index is 2.44. The predicted octanol–water partition coefficient (Wildman–Crippen LogP) is 3.50. The van der Waals surface area contributed by atoms with E-state index in [2.05, 4.69) is 0 Å². The maximum Gasteiger partial charge on any atom is 0.134 e. The number of allylic oxidation sites excluding steroid dienone is 2. The summed E-state index contributed by atoms with van der Waals surface area (Å²) in [5.41, 5.74) is 5.14. The Kier molecular flexibility index (Phi) is 4.51. The molecule has 3 nitrogen and oxygen atoms in total. The van der Waals surface area contributed by atoms with Gasteiger partial charge in [0.15, 0.2) is 0 Å². The molecule has 0 unspecified atom stereocenters. The molecule has 0 amide bonds. The van der Waals surface area contributed by atoms with Crippen LogP contribution in [0, 0.1) is 13.8 Å². The van der Waals surface area contributed by atoms with Gasteiger partial charge in [0, 0.05) is 18.4 Å². The first-order chi connectivity index (χ1) is 9.67. The highest BCUT2D eigenvalue weighted by molar-refractivity contribution is 5.74. The molecule has 0 N–H and O–H groups in total. The summed E-state index contributed by atoms with van der Waals surface area (Å²) in [6.07, 6.45) is 4.69. The van der Waals surface area contributed by atoms with Crippen LogP contribution in [0.25, 0.3) is 5.76 Å². The van der Waals surface area contributed by atoms with Crippen LogP contribution < -0.4 is 0 Å². The van der Waals surface area contributed by atoms with E-state index in [0.29, 0.717) is 19.3 Å². The molecule has 1 aliphatic rings. The predicted molar refractivity (Wildman–Crippen MR) is 78.0 cm³/mol. The van der Waals surface area contributed by atoms with Gasteiger partial charge in [0.1, 0.15) is 18.3 Å². The summed E-state index contributed by atoms with van der Waals surface area (Å²) in [5.74, 6) is 0.766. The molecular weight excluding hydrogens is 252 g/mol. The Morgan fingerprint density at radius 2 is 1.75 bits per heavy atom. The normalized spacial score (nSPS) is 14.6. The van der Waals surface area contributed by atoms with Gasteiger partial charge in [0.25, 0.3) is 0 Å². The molecule has 104 valence electrons. The van der Waals surface area contributed by atoms with E-state index < -0.39 is 0 Å². The molecule has 2 rings (SSSR count). The van der Waals surface area contributed by atoms with Gasteiger partial charge in [-0.1, -0.05) is 18.2 Å². The zero-order valence-corrected chi connectivity index (χ0v) is 11.8. The minimum Gasteiger partial charge on any atom is -0.464 e. The fourth-order valence-electron chi connectivity index (χ4n) is 2.52. The second-order valence-corrected chi connectivity index (χ2v) is 5.01. The van der Waals surface area contributed by atoms with Crippen LogP contribution in [-0.4, -0.2) is 12.6 Å². The van der Waals surface area contributed by atoms with Crippen LogP contribution in [-0.2, 0) is 14.3 Å². The van der Waals surface area contributed by atoms with E-state index >= 15 is 0 Å². The molecule has 1 aromatic rings. The molecule has 0 aliphatic carbocycles. The van der Waals surface area contributed by atoms with Crippen LogP contribution in [0.4, 0.5) is 0 Å². The summed E-state index contributed by atoms with van der Waals surface area (Å²) >= 11 is 0. The van der Waals surface area contributed by atoms with Crippen molar-refractivity contribution in [2.45, 2.75) is 33.1 Å². The average molecular weight is 270 g/mol. The Morgan fingerprint density at radius 1 is 1.10 bits per heavy atom. The quantitative estimate of drug-likeness (QED) is 0.769. The third kappa shape index (κ3) is 2.87. The van der Waals surface area contributed by atoms with E-state index in [9.17, 15) is 9.59 Å². The van der Waals surface area contributed by atoms with Crippen molar-refractivity contribution in [3.63, 3.8) is 0 Å². The zero-order valence-electron chi connectivity index (χ0n) is 11.8. The van der Waals surface area contributed by atoms with E-state index in [1.807, 2.05) is 32.0 Å². The lowest BCUT2D eigenvalue weighted by Gasteiger charge is -2.22. The smallest absolute Gasteiger partial charge is 0.134 e. The third-order valence-corrected chi connectivity index (χ3v) is 3.49. The van der Waals surface area contributed by atoms with Gasteiger partial charge in [-0.2, -0.15) is 0 Å². The number of carbonyl (C=O) groups is 2. The van der Waals surface area contributed by atoms with Crippen LogP contribution in [0.5, 0.6) is 0 Å². The Hall–Kier alpha value is -2.16. The molecule has 1 heterocycles. The lowest BCUT2D eigenvalue weighted by Crippen LogP contribution is -2.06. The molecule has 1 aliphatic heterocycles. The number of aryl methyl sites for hydroxylation is 2. The number of hydrogen-bond donors (Lipinski definition) is 0. The van der Waals surface area contributed by atoms with Crippen molar-refractivity contribution in [1.82, 2.24) is 0 Å². The van der Waals surface area contributed by atoms with Crippen LogP contribution in [0.2, 0.25) is 0 Å². The van der Waals surface area contributed by atoms with Crippen molar-refractivity contribution in [2.75, 3.05) is 0 Å². The highest BCUT2D eigenvalue weighted by atomic mass is 16.5. The van der Waals surface area contributed by atoms with Crippen LogP contribution in [0.1, 0.15) is 36.0 Å². The summed E-state index contributed by atoms with van der Waals surface area (Å²) in [4.78, 5) is 21.5. The molecule has 0 radical (unpaired) electrons. The Bertz CT molecular complexity index is 574. The summed E-state index contributed by atoms with van der Waals surface area (Å²) in [7, 11) is 0. The largest absolute Gasteiger partial charge is 0.464 e. The van der Waals surface area contributed by atoms with Gasteiger partial charge in [-0.05, 0) is 42.5 Å². The summed E-state index contributed by atoms with van der Waals surface area (Å²) in [6, 6.07) is 6.06. The molecule has 0 spiro atoms. The SMILES string of the molecule is Cc1cccc(C)c1C1=C(CC=O)CC(CC=O)=CO1. The monoisotopic (exact) mass is 270 g/mol. The molecular formula is C17H18O3. The van der Waals surface area contributed by atoms with E-state index in [4.69, 9.17) is 4.74 Å². The number of ether oxygens (including phenoxy) is 1. The van der Waals surface area contributed by atoms with E-state index in [1.54, 1.807) is 6.26 Å². The lowest BCUT2D eigenvalue weighted by molar-refractivity contribution is -0.107. The molecule has 0 atom stereocenters. The first-order valence-corrected chi connectivity index (χ1v) is 6.67. The second-order valence-electron chi connectivity index (χ2n) is 5.01. The molecule has 20 heavy (non-hydrogen) atoms. The van der Waals surface area contributed by atoms with Crippen molar-refractivity contribution in [2.24, 2.45) is 0 Å². The Labute approximate surface area is 118 Å². The highest BCUT2D eigenvalue weighted by Gasteiger charge is 2.19. The van der Waals surface area contributed by atoms with E-state index in [1.165, 1.54) is 0 Å². The zero-order chi connectivity index (χ0) is 14.5. The van der Waals surface area contributed by atoms with Crippen LogP contribution in [0.15, 0.2) is 35.6 Å². The lowest BCUT2D eigenvalue weighted by atomic mass is 9.92. The topological polar surface area (TPSA) is 43.4 Å². The summed E-state index contributed by atoms with van der Waals surface area (Å²) in [5, 5.41) is 0. The van der Waals surface area contributed by atoms with Crippen molar-refractivity contribution in [3.8, 4) is 0 Å². The molecule has 0 bridgehead atoms. The van der Waals surface area contributed by atoms with Crippen molar-refractivity contribution < 1.29 is 14.3 Å². The van der Waals surface area contributed by atoms with Crippen molar-refractivity contribution in [3.05, 3.63) is 52.3 Å². The molecule has 1 aromatic carbocycles. The maximum absolute atomic E-state index is 10.9. The first-order valence-electron chi connectivity index (χ1n) is 6.67. The highest BCUT2D eigenvalue weighted by Crippen LogP contribution is 2.35. The summed E-state index contributed by atoms with van der Waals surface area (Å²) in [6.45, 7) is 4.06. The van der Waals surface area contributed by atoms with Gasteiger partial charge in [0.2, 0.25) is 0 Å². The molecule has 0 aromatic heterocycles. The first kappa shape index (κ1) is 14.3. The van der Waals surface area contributed by atoms with Gasteiger partial charge < -0.3 is 14.3 Å². The standard InChI is InChI=1S/C17H18O3/c1-12-4-3-5-13(2)16(12)17-15(7-9-19)10-14(6-8-18)11-20-17/h3-5,8-9,11H,6-7,10H2,1-2H3. The molecule has 0 saturated carbocycles. The number of hydrogen-bond acceptors (Lipinski definition) is 3.